The van der Waals surface area contributed by atoms with Crippen molar-refractivity contribution in [2.45, 2.75) is 167 Å². The van der Waals surface area contributed by atoms with Gasteiger partial charge in [0.2, 0.25) is 0 Å². The maximum atomic E-state index is 6.27. The van der Waals surface area contributed by atoms with Crippen molar-refractivity contribution in [3.63, 3.8) is 0 Å². The minimum absolute atomic E-state index is 0.0521. The van der Waals surface area contributed by atoms with Crippen LogP contribution in [0, 0.1) is 0 Å². The van der Waals surface area contributed by atoms with Crippen molar-refractivity contribution in [1.29, 1.82) is 0 Å². The molecule has 1 unspecified atom stereocenters. The second kappa shape index (κ2) is 13.9. The molecule has 0 aliphatic carbocycles. The topological polar surface area (TPSA) is 58.2 Å². The molecular formula is C28H53NO5. The van der Waals surface area contributed by atoms with Crippen LogP contribution < -0.4 is 5.32 Å². The Hall–Kier alpha value is -0.240. The van der Waals surface area contributed by atoms with E-state index < -0.39 is 11.6 Å². The summed E-state index contributed by atoms with van der Waals surface area (Å²) in [5, 5.41) is 3.72. The van der Waals surface area contributed by atoms with Crippen LogP contribution in [0.15, 0.2) is 0 Å². The van der Waals surface area contributed by atoms with E-state index in [4.69, 9.17) is 23.7 Å². The van der Waals surface area contributed by atoms with Gasteiger partial charge in [0.1, 0.15) is 18.3 Å². The fourth-order valence-corrected chi connectivity index (χ4v) is 5.55. The van der Waals surface area contributed by atoms with Gasteiger partial charge in [0.15, 0.2) is 17.9 Å². The number of rotatable bonds is 17. The van der Waals surface area contributed by atoms with Crippen LogP contribution in [0.4, 0.5) is 0 Å². The summed E-state index contributed by atoms with van der Waals surface area (Å²) < 4.78 is 30.4. The lowest BCUT2D eigenvalue weighted by molar-refractivity contribution is -0.223. The fourth-order valence-electron chi connectivity index (χ4n) is 5.55. The van der Waals surface area contributed by atoms with Crippen LogP contribution >= 0.6 is 0 Å². The first-order chi connectivity index (χ1) is 16.3. The van der Waals surface area contributed by atoms with Crippen LogP contribution in [0.3, 0.4) is 0 Å². The average molecular weight is 484 g/mol. The Morgan fingerprint density at radius 2 is 1.21 bits per heavy atom. The van der Waals surface area contributed by atoms with Gasteiger partial charge in [0, 0.05) is 0 Å². The first-order valence-electron chi connectivity index (χ1n) is 14.4. The molecule has 3 heterocycles. The van der Waals surface area contributed by atoms with Crippen molar-refractivity contribution in [3.8, 4) is 0 Å². The van der Waals surface area contributed by atoms with Crippen molar-refractivity contribution in [2.75, 3.05) is 13.2 Å². The fraction of sp³-hybridized carbons (Fsp3) is 1.00. The van der Waals surface area contributed by atoms with Gasteiger partial charge in [-0.25, -0.2) is 0 Å². The second-order valence-corrected chi connectivity index (χ2v) is 11.5. The molecule has 5 atom stereocenters. The number of nitrogens with one attached hydrogen (secondary N) is 1. The number of ether oxygens (including phenoxy) is 5. The molecule has 0 spiro atoms. The first-order valence-corrected chi connectivity index (χ1v) is 14.4. The molecular weight excluding hydrogens is 430 g/mol. The van der Waals surface area contributed by atoms with Gasteiger partial charge in [-0.3, -0.25) is 0 Å². The van der Waals surface area contributed by atoms with E-state index in [0.717, 1.165) is 6.54 Å². The lowest BCUT2D eigenvalue weighted by Crippen LogP contribution is -2.51. The molecule has 3 fully saturated rings. The zero-order valence-corrected chi connectivity index (χ0v) is 22.7. The quantitative estimate of drug-likeness (QED) is 0.240. The molecule has 6 nitrogen and oxygen atoms in total. The van der Waals surface area contributed by atoms with Crippen molar-refractivity contribution in [2.24, 2.45) is 0 Å². The van der Waals surface area contributed by atoms with Gasteiger partial charge < -0.3 is 29.0 Å². The normalized spacial score (nSPS) is 31.9. The average Bonchev–Trinajstić information content (AvgIpc) is 3.39. The Labute approximate surface area is 209 Å². The Bertz CT molecular complexity index is 569. The van der Waals surface area contributed by atoms with Crippen LogP contribution in [-0.4, -0.2) is 55.4 Å². The van der Waals surface area contributed by atoms with E-state index in [0.29, 0.717) is 6.61 Å². The van der Waals surface area contributed by atoms with Crippen molar-refractivity contribution >= 4 is 0 Å². The summed E-state index contributed by atoms with van der Waals surface area (Å²) in [6.07, 6.45) is 18.6. The maximum Gasteiger partial charge on any atom is 0.189 e. The Morgan fingerprint density at radius 1 is 0.647 bits per heavy atom. The summed E-state index contributed by atoms with van der Waals surface area (Å²) in [5.74, 6) is -1.17. The third-order valence-corrected chi connectivity index (χ3v) is 7.39. The van der Waals surface area contributed by atoms with Crippen molar-refractivity contribution < 1.29 is 23.7 Å². The second-order valence-electron chi connectivity index (χ2n) is 11.5. The van der Waals surface area contributed by atoms with Crippen LogP contribution in [0.2, 0.25) is 0 Å². The van der Waals surface area contributed by atoms with Crippen molar-refractivity contribution in [3.05, 3.63) is 0 Å². The van der Waals surface area contributed by atoms with E-state index in [1.165, 1.54) is 89.9 Å². The molecule has 34 heavy (non-hydrogen) atoms. The summed E-state index contributed by atoms with van der Waals surface area (Å²) in [4.78, 5) is 0. The molecule has 0 bridgehead atoms. The zero-order chi connectivity index (χ0) is 24.4. The first kappa shape index (κ1) is 28.3. The standard InChI is InChI=1S/C28H53NO5/c1-6-7-8-9-10-11-12-13-14-15-16-17-18-19-20-29-23-24(22-21-30-27(2,3)32-22)31-26-25(23)33-28(4,5)34-26/h22-26,29H,6-21H2,1-5H3/t22-,23?,24-,25-,26-/m1/s1. The Balaban J connectivity index is 1.25. The van der Waals surface area contributed by atoms with Gasteiger partial charge >= 0.3 is 0 Å². The molecule has 0 radical (unpaired) electrons. The van der Waals surface area contributed by atoms with E-state index in [1.54, 1.807) is 0 Å². The summed E-state index contributed by atoms with van der Waals surface area (Å²) in [6, 6.07) is 0.0521. The number of hydrogen-bond acceptors (Lipinski definition) is 6. The number of fused-ring (bicyclic) bond motifs is 1. The highest BCUT2D eigenvalue weighted by molar-refractivity contribution is 5.01. The molecule has 3 aliphatic heterocycles. The minimum Gasteiger partial charge on any atom is -0.348 e. The van der Waals surface area contributed by atoms with Crippen LogP contribution in [0.5, 0.6) is 0 Å². The summed E-state index contributed by atoms with van der Waals surface area (Å²) in [5.41, 5.74) is 0. The lowest BCUT2D eigenvalue weighted by atomic mass is 10.0. The SMILES string of the molecule is CCCCCCCCCCCCCCCCNC1[C@H]2OC(C)(C)O[C@H]2O[C@@H]1[C@H]1COC(C)(C)O1. The van der Waals surface area contributed by atoms with Gasteiger partial charge in [-0.1, -0.05) is 90.4 Å². The summed E-state index contributed by atoms with van der Waals surface area (Å²) >= 11 is 0. The van der Waals surface area contributed by atoms with Crippen LogP contribution in [0.25, 0.3) is 0 Å². The van der Waals surface area contributed by atoms with Gasteiger partial charge in [-0.05, 0) is 40.7 Å². The molecule has 3 aliphatic rings. The van der Waals surface area contributed by atoms with Crippen LogP contribution in [0.1, 0.15) is 125 Å². The van der Waals surface area contributed by atoms with Gasteiger partial charge in [-0.15, -0.1) is 0 Å². The predicted octanol–water partition coefficient (Wildman–Crippen LogP) is 6.45. The molecule has 6 heteroatoms. The van der Waals surface area contributed by atoms with E-state index >= 15 is 0 Å². The smallest absolute Gasteiger partial charge is 0.189 e. The number of hydrogen-bond donors (Lipinski definition) is 1. The van der Waals surface area contributed by atoms with Crippen molar-refractivity contribution in [1.82, 2.24) is 5.32 Å². The van der Waals surface area contributed by atoms with Crippen LogP contribution in [-0.2, 0) is 23.7 Å². The van der Waals surface area contributed by atoms with E-state index in [2.05, 4.69) is 12.2 Å². The molecule has 0 aromatic carbocycles. The largest absolute Gasteiger partial charge is 0.348 e. The minimum atomic E-state index is -0.610. The summed E-state index contributed by atoms with van der Waals surface area (Å²) in [6.45, 7) is 11.6. The maximum absolute atomic E-state index is 6.27. The number of unbranched alkanes of at least 4 members (excludes halogenated alkanes) is 13. The van der Waals surface area contributed by atoms with Gasteiger partial charge in [0.25, 0.3) is 0 Å². The third-order valence-electron chi connectivity index (χ3n) is 7.39. The van der Waals surface area contributed by atoms with E-state index in [-0.39, 0.29) is 30.6 Å². The lowest BCUT2D eigenvalue weighted by Gasteiger charge is -2.29. The molecule has 0 aromatic rings. The molecule has 1 N–H and O–H groups in total. The highest BCUT2D eigenvalue weighted by Gasteiger charge is 2.57. The molecule has 3 rings (SSSR count). The van der Waals surface area contributed by atoms with E-state index in [1.807, 2.05) is 27.7 Å². The monoisotopic (exact) mass is 483 g/mol. The molecule has 200 valence electrons. The highest BCUT2D eigenvalue weighted by atomic mass is 16.8. The Morgan fingerprint density at radius 3 is 1.74 bits per heavy atom. The van der Waals surface area contributed by atoms with Gasteiger partial charge in [0.05, 0.1) is 12.6 Å². The highest BCUT2D eigenvalue weighted by Crippen LogP contribution is 2.40. The molecule has 3 saturated heterocycles. The molecule has 0 aromatic heterocycles. The molecule has 0 saturated carbocycles. The van der Waals surface area contributed by atoms with E-state index in [9.17, 15) is 0 Å². The predicted molar refractivity (Wildman–Crippen MR) is 136 cm³/mol. The third kappa shape index (κ3) is 9.01. The Kier molecular flexibility index (Phi) is 11.6. The van der Waals surface area contributed by atoms with Gasteiger partial charge in [-0.2, -0.15) is 0 Å². The molecule has 0 amide bonds. The zero-order valence-electron chi connectivity index (χ0n) is 22.7. The summed E-state index contributed by atoms with van der Waals surface area (Å²) in [7, 11) is 0.